The van der Waals surface area contributed by atoms with Gasteiger partial charge in [0.15, 0.2) is 0 Å². The van der Waals surface area contributed by atoms with E-state index in [-0.39, 0.29) is 6.54 Å². The van der Waals surface area contributed by atoms with E-state index in [0.717, 1.165) is 24.6 Å². The van der Waals surface area contributed by atoms with Crippen LogP contribution in [0.2, 0.25) is 0 Å². The average molecular weight is 247 g/mol. The van der Waals surface area contributed by atoms with Crippen LogP contribution in [0.4, 0.5) is 11.6 Å². The monoisotopic (exact) mass is 247 g/mol. The molecule has 0 radical (unpaired) electrons. The van der Waals surface area contributed by atoms with E-state index in [0.29, 0.717) is 5.82 Å². The van der Waals surface area contributed by atoms with Crippen LogP contribution in [0.3, 0.4) is 0 Å². The molecular weight excluding hydrogens is 226 g/mol. The van der Waals surface area contributed by atoms with Gasteiger partial charge in [-0.15, -0.1) is 0 Å². The summed E-state index contributed by atoms with van der Waals surface area (Å²) in [6.07, 6.45) is 3.61. The lowest BCUT2D eigenvalue weighted by Gasteiger charge is -2.19. The summed E-state index contributed by atoms with van der Waals surface area (Å²) in [5, 5.41) is 11.5. The number of rotatable bonds is 7. The third kappa shape index (κ3) is 4.58. The van der Waals surface area contributed by atoms with Crippen LogP contribution in [-0.4, -0.2) is 30.1 Å². The second kappa shape index (κ2) is 7.49. The first kappa shape index (κ1) is 14.2. The molecule has 0 fully saturated rings. The minimum Gasteiger partial charge on any atom is -0.360 e. The van der Waals surface area contributed by atoms with Crippen molar-refractivity contribution in [1.82, 2.24) is 9.97 Å². The highest BCUT2D eigenvalue weighted by atomic mass is 15.2. The van der Waals surface area contributed by atoms with Gasteiger partial charge in [-0.25, -0.2) is 9.97 Å². The normalized spacial score (nSPS) is 9.89. The lowest BCUT2D eigenvalue weighted by molar-refractivity contribution is 0.700. The Hall–Kier alpha value is -1.83. The Morgan fingerprint density at radius 3 is 2.83 bits per heavy atom. The molecule has 0 aliphatic heterocycles. The first-order chi connectivity index (χ1) is 8.67. The van der Waals surface area contributed by atoms with Gasteiger partial charge in [0.05, 0.1) is 6.07 Å². The van der Waals surface area contributed by atoms with Crippen molar-refractivity contribution in [2.75, 3.05) is 30.4 Å². The smallest absolute Gasteiger partial charge is 0.134 e. The summed E-state index contributed by atoms with van der Waals surface area (Å²) in [5.41, 5.74) is 0. The van der Waals surface area contributed by atoms with Crippen LogP contribution >= 0.6 is 0 Å². The molecule has 5 heteroatoms. The van der Waals surface area contributed by atoms with Crippen LogP contribution in [0.25, 0.3) is 0 Å². The third-order valence-corrected chi connectivity index (χ3v) is 2.66. The summed E-state index contributed by atoms with van der Waals surface area (Å²) < 4.78 is 0. The van der Waals surface area contributed by atoms with Gasteiger partial charge in [0, 0.05) is 19.7 Å². The zero-order valence-corrected chi connectivity index (χ0v) is 11.4. The molecule has 0 spiro atoms. The molecule has 5 nitrogen and oxygen atoms in total. The predicted octanol–water partition coefficient (Wildman–Crippen LogP) is 2.35. The van der Waals surface area contributed by atoms with Gasteiger partial charge in [-0.1, -0.05) is 19.8 Å². The number of nitriles is 1. The highest BCUT2D eigenvalue weighted by Crippen LogP contribution is 2.15. The van der Waals surface area contributed by atoms with E-state index in [9.17, 15) is 0 Å². The summed E-state index contributed by atoms with van der Waals surface area (Å²) in [4.78, 5) is 10.8. The lowest BCUT2D eigenvalue weighted by Crippen LogP contribution is -2.20. The fourth-order valence-corrected chi connectivity index (χ4v) is 1.68. The Morgan fingerprint density at radius 1 is 1.39 bits per heavy atom. The molecule has 98 valence electrons. The Bertz CT molecular complexity index is 410. The SMILES string of the molecule is CCCCCN(C)c1cc(NCC#N)nc(C)n1. The maximum Gasteiger partial charge on any atom is 0.134 e. The van der Waals surface area contributed by atoms with Crippen LogP contribution in [-0.2, 0) is 0 Å². The average Bonchev–Trinajstić information content (AvgIpc) is 2.36. The fraction of sp³-hybridized carbons (Fsp3) is 0.615. The van der Waals surface area contributed by atoms with Crippen molar-refractivity contribution in [2.45, 2.75) is 33.1 Å². The summed E-state index contributed by atoms with van der Waals surface area (Å²) in [6, 6.07) is 3.93. The van der Waals surface area contributed by atoms with E-state index >= 15 is 0 Å². The van der Waals surface area contributed by atoms with Crippen molar-refractivity contribution >= 4 is 11.6 Å². The Balaban J connectivity index is 2.69. The number of hydrogen-bond donors (Lipinski definition) is 1. The van der Waals surface area contributed by atoms with E-state index in [1.807, 2.05) is 26.1 Å². The molecule has 0 aliphatic rings. The van der Waals surface area contributed by atoms with Crippen molar-refractivity contribution in [3.05, 3.63) is 11.9 Å². The van der Waals surface area contributed by atoms with Crippen LogP contribution in [0.1, 0.15) is 32.0 Å². The number of nitrogens with zero attached hydrogens (tertiary/aromatic N) is 4. The first-order valence-corrected chi connectivity index (χ1v) is 6.35. The van der Waals surface area contributed by atoms with Crippen LogP contribution in [0, 0.1) is 18.3 Å². The van der Waals surface area contributed by atoms with E-state index in [2.05, 4.69) is 27.1 Å². The number of nitrogens with one attached hydrogen (secondary N) is 1. The van der Waals surface area contributed by atoms with Crippen molar-refractivity contribution in [1.29, 1.82) is 5.26 Å². The van der Waals surface area contributed by atoms with Crippen LogP contribution in [0.5, 0.6) is 0 Å². The molecule has 0 amide bonds. The molecule has 0 saturated heterocycles. The summed E-state index contributed by atoms with van der Waals surface area (Å²) >= 11 is 0. The maximum absolute atomic E-state index is 8.55. The van der Waals surface area contributed by atoms with Gasteiger partial charge in [0.1, 0.15) is 24.0 Å². The predicted molar refractivity (Wildman–Crippen MR) is 73.7 cm³/mol. The highest BCUT2D eigenvalue weighted by Gasteiger charge is 2.06. The van der Waals surface area contributed by atoms with Crippen LogP contribution < -0.4 is 10.2 Å². The van der Waals surface area contributed by atoms with Crippen LogP contribution in [0.15, 0.2) is 6.07 Å². The Kier molecular flexibility index (Phi) is 5.92. The van der Waals surface area contributed by atoms with Crippen molar-refractivity contribution < 1.29 is 0 Å². The molecular formula is C13H21N5. The zero-order valence-electron chi connectivity index (χ0n) is 11.4. The number of hydrogen-bond acceptors (Lipinski definition) is 5. The van der Waals surface area contributed by atoms with Gasteiger partial charge < -0.3 is 10.2 Å². The summed E-state index contributed by atoms with van der Waals surface area (Å²) in [5.74, 6) is 2.33. The van der Waals surface area contributed by atoms with Gasteiger partial charge >= 0.3 is 0 Å². The van der Waals surface area contributed by atoms with Gasteiger partial charge in [-0.2, -0.15) is 5.26 Å². The van der Waals surface area contributed by atoms with Gasteiger partial charge in [-0.3, -0.25) is 0 Å². The molecule has 0 saturated carbocycles. The van der Waals surface area contributed by atoms with Gasteiger partial charge in [0.25, 0.3) is 0 Å². The second-order valence-corrected chi connectivity index (χ2v) is 4.30. The van der Waals surface area contributed by atoms with Crippen molar-refractivity contribution in [3.63, 3.8) is 0 Å². The topological polar surface area (TPSA) is 64.8 Å². The minimum absolute atomic E-state index is 0.259. The van der Waals surface area contributed by atoms with E-state index in [1.165, 1.54) is 12.8 Å². The molecule has 0 atom stereocenters. The zero-order chi connectivity index (χ0) is 13.4. The number of aryl methyl sites for hydroxylation is 1. The first-order valence-electron chi connectivity index (χ1n) is 6.35. The van der Waals surface area contributed by atoms with Crippen molar-refractivity contribution in [3.8, 4) is 6.07 Å². The number of unbranched alkanes of at least 4 members (excludes halogenated alkanes) is 2. The Labute approximate surface area is 109 Å². The maximum atomic E-state index is 8.55. The van der Waals surface area contributed by atoms with E-state index in [4.69, 9.17) is 5.26 Å². The summed E-state index contributed by atoms with van der Waals surface area (Å²) in [6.45, 7) is 5.30. The van der Waals surface area contributed by atoms with Gasteiger partial charge in [-0.05, 0) is 13.3 Å². The molecule has 1 aromatic heterocycles. The van der Waals surface area contributed by atoms with E-state index in [1.54, 1.807) is 0 Å². The Morgan fingerprint density at radius 2 is 2.17 bits per heavy atom. The molecule has 0 aromatic carbocycles. The number of aromatic nitrogens is 2. The molecule has 1 rings (SSSR count). The molecule has 1 N–H and O–H groups in total. The van der Waals surface area contributed by atoms with Gasteiger partial charge in [0.2, 0.25) is 0 Å². The highest BCUT2D eigenvalue weighted by molar-refractivity contribution is 5.49. The molecule has 0 unspecified atom stereocenters. The third-order valence-electron chi connectivity index (χ3n) is 2.66. The lowest BCUT2D eigenvalue weighted by atomic mass is 10.2. The molecule has 0 bridgehead atoms. The molecule has 1 aromatic rings. The standard InChI is InChI=1S/C13H21N5/c1-4-5-6-9-18(3)13-10-12(15-8-7-14)16-11(2)17-13/h10H,4-6,8-9H2,1-3H3,(H,15,16,17). The van der Waals surface area contributed by atoms with E-state index < -0.39 is 0 Å². The largest absolute Gasteiger partial charge is 0.360 e. The molecule has 18 heavy (non-hydrogen) atoms. The molecule has 1 heterocycles. The molecule has 0 aliphatic carbocycles. The second-order valence-electron chi connectivity index (χ2n) is 4.30. The van der Waals surface area contributed by atoms with Crippen molar-refractivity contribution in [2.24, 2.45) is 0 Å². The number of anilines is 2. The summed E-state index contributed by atoms with van der Waals surface area (Å²) in [7, 11) is 2.03. The fourth-order valence-electron chi connectivity index (χ4n) is 1.68. The quantitative estimate of drug-likeness (QED) is 0.592. The minimum atomic E-state index is 0.259.